The Hall–Kier alpha value is -1.92. The Morgan fingerprint density at radius 2 is 2.05 bits per heavy atom. The van der Waals surface area contributed by atoms with Gasteiger partial charge >= 0.3 is 0 Å². The van der Waals surface area contributed by atoms with Crippen LogP contribution in [0, 0.1) is 0 Å². The summed E-state index contributed by atoms with van der Waals surface area (Å²) in [5, 5.41) is 14.0. The molecule has 0 aliphatic carbocycles. The van der Waals surface area contributed by atoms with Gasteiger partial charge in [0, 0.05) is 18.0 Å². The van der Waals surface area contributed by atoms with Crippen molar-refractivity contribution in [2.45, 2.75) is 26.3 Å². The molecule has 0 bridgehead atoms. The fourth-order valence-electron chi connectivity index (χ4n) is 2.13. The molecule has 0 saturated carbocycles. The van der Waals surface area contributed by atoms with E-state index in [0.29, 0.717) is 0 Å². The Balaban J connectivity index is 1.95. The summed E-state index contributed by atoms with van der Waals surface area (Å²) >= 11 is 1.61. The van der Waals surface area contributed by atoms with Crippen molar-refractivity contribution in [3.05, 3.63) is 35.6 Å². The molecule has 21 heavy (non-hydrogen) atoms. The Bertz CT molecular complexity index is 734. The Kier molecular flexibility index (Phi) is 4.17. The summed E-state index contributed by atoms with van der Waals surface area (Å²) in [6, 6.07) is 6.17. The molecule has 2 heterocycles. The van der Waals surface area contributed by atoms with Crippen LogP contribution in [0.2, 0.25) is 0 Å². The highest BCUT2D eigenvalue weighted by molar-refractivity contribution is 7.14. The fourth-order valence-corrected chi connectivity index (χ4v) is 3.03. The normalized spacial score (nSPS) is 12.7. The highest BCUT2D eigenvalue weighted by Gasteiger charge is 2.14. The van der Waals surface area contributed by atoms with Gasteiger partial charge in [0.25, 0.3) is 0 Å². The second-order valence-corrected chi connectivity index (χ2v) is 5.86. The van der Waals surface area contributed by atoms with E-state index in [0.717, 1.165) is 39.6 Å². The maximum Gasteiger partial charge on any atom is 0.150 e. The standard InChI is InChI=1S/C15H17N5S/c1-3-7-16-10(2)14-19-20-15(21-14)11-5-4-6-12-13(11)18-9-8-17-12/h4-6,8-10,16H,3,7H2,1-2H3. The Labute approximate surface area is 127 Å². The molecule has 0 spiro atoms. The molecule has 0 aliphatic rings. The van der Waals surface area contributed by atoms with E-state index >= 15 is 0 Å². The third-order valence-corrected chi connectivity index (χ3v) is 4.38. The molecule has 1 unspecified atom stereocenters. The van der Waals surface area contributed by atoms with Crippen molar-refractivity contribution in [2.24, 2.45) is 0 Å². The quantitative estimate of drug-likeness (QED) is 0.783. The number of benzene rings is 1. The molecule has 3 rings (SSSR count). The number of nitrogens with one attached hydrogen (secondary N) is 1. The first-order valence-electron chi connectivity index (χ1n) is 7.06. The summed E-state index contributed by atoms with van der Waals surface area (Å²) in [5.74, 6) is 0. The lowest BCUT2D eigenvalue weighted by Gasteiger charge is -2.08. The predicted octanol–water partition coefficient (Wildman–Crippen LogP) is 3.21. The molecule has 0 fully saturated rings. The summed E-state index contributed by atoms with van der Waals surface area (Å²) in [4.78, 5) is 8.75. The third kappa shape index (κ3) is 2.91. The highest BCUT2D eigenvalue weighted by atomic mass is 32.1. The molecule has 6 heteroatoms. The van der Waals surface area contributed by atoms with E-state index in [4.69, 9.17) is 0 Å². The Morgan fingerprint density at radius 3 is 2.90 bits per heavy atom. The van der Waals surface area contributed by atoms with Crippen molar-refractivity contribution >= 4 is 22.4 Å². The number of hydrogen-bond acceptors (Lipinski definition) is 6. The molecule has 3 aromatic rings. The van der Waals surface area contributed by atoms with Crippen LogP contribution in [0.3, 0.4) is 0 Å². The van der Waals surface area contributed by atoms with Crippen LogP contribution in [0.1, 0.15) is 31.3 Å². The lowest BCUT2D eigenvalue weighted by Crippen LogP contribution is -2.18. The maximum atomic E-state index is 4.42. The summed E-state index contributed by atoms with van der Waals surface area (Å²) in [7, 11) is 0. The van der Waals surface area contributed by atoms with Gasteiger partial charge in [-0.2, -0.15) is 0 Å². The van der Waals surface area contributed by atoms with E-state index in [-0.39, 0.29) is 6.04 Å². The first kappa shape index (κ1) is 14.0. The average Bonchev–Trinajstić information content (AvgIpc) is 3.02. The smallest absolute Gasteiger partial charge is 0.150 e. The van der Waals surface area contributed by atoms with Crippen molar-refractivity contribution in [3.8, 4) is 10.6 Å². The van der Waals surface area contributed by atoms with E-state index in [9.17, 15) is 0 Å². The molecular weight excluding hydrogens is 282 g/mol. The van der Waals surface area contributed by atoms with Gasteiger partial charge in [0.1, 0.15) is 10.0 Å². The van der Waals surface area contributed by atoms with Crippen LogP contribution >= 0.6 is 11.3 Å². The minimum atomic E-state index is 0.220. The van der Waals surface area contributed by atoms with Gasteiger partial charge in [-0.1, -0.05) is 24.3 Å². The first-order valence-corrected chi connectivity index (χ1v) is 7.88. The molecule has 2 aromatic heterocycles. The Morgan fingerprint density at radius 1 is 1.19 bits per heavy atom. The summed E-state index contributed by atoms with van der Waals surface area (Å²) in [6.45, 7) is 5.25. The van der Waals surface area contributed by atoms with E-state index < -0.39 is 0 Å². The zero-order chi connectivity index (χ0) is 14.7. The maximum absolute atomic E-state index is 4.42. The fraction of sp³-hybridized carbons (Fsp3) is 0.333. The lowest BCUT2D eigenvalue weighted by atomic mass is 10.2. The van der Waals surface area contributed by atoms with Gasteiger partial charge in [0.05, 0.1) is 17.1 Å². The van der Waals surface area contributed by atoms with Crippen molar-refractivity contribution < 1.29 is 0 Å². The number of hydrogen-bond donors (Lipinski definition) is 1. The van der Waals surface area contributed by atoms with E-state index in [1.165, 1.54) is 0 Å². The van der Waals surface area contributed by atoms with Crippen LogP contribution in [0.5, 0.6) is 0 Å². The van der Waals surface area contributed by atoms with Crippen molar-refractivity contribution in [1.82, 2.24) is 25.5 Å². The van der Waals surface area contributed by atoms with Gasteiger partial charge in [-0.15, -0.1) is 10.2 Å². The van der Waals surface area contributed by atoms with Gasteiger partial charge in [-0.25, -0.2) is 0 Å². The predicted molar refractivity (Wildman–Crippen MR) is 85.1 cm³/mol. The first-order chi connectivity index (χ1) is 10.3. The average molecular weight is 299 g/mol. The van der Waals surface area contributed by atoms with Crippen molar-refractivity contribution in [3.63, 3.8) is 0 Å². The number of aromatic nitrogens is 4. The monoisotopic (exact) mass is 299 g/mol. The molecule has 1 aromatic carbocycles. The van der Waals surface area contributed by atoms with Crippen LogP contribution in [0.15, 0.2) is 30.6 Å². The molecule has 1 atom stereocenters. The van der Waals surface area contributed by atoms with E-state index in [1.54, 1.807) is 23.7 Å². The van der Waals surface area contributed by atoms with E-state index in [2.05, 4.69) is 39.3 Å². The molecule has 0 aliphatic heterocycles. The summed E-state index contributed by atoms with van der Waals surface area (Å²) in [6.07, 6.45) is 4.52. The molecule has 1 N–H and O–H groups in total. The number of para-hydroxylation sites is 1. The zero-order valence-corrected chi connectivity index (χ0v) is 12.9. The molecule has 0 amide bonds. The molecule has 0 radical (unpaired) electrons. The van der Waals surface area contributed by atoms with Crippen molar-refractivity contribution in [2.75, 3.05) is 6.54 Å². The van der Waals surface area contributed by atoms with Crippen LogP contribution in [0.25, 0.3) is 21.6 Å². The minimum Gasteiger partial charge on any atom is -0.308 e. The van der Waals surface area contributed by atoms with Gasteiger partial charge in [0.15, 0.2) is 0 Å². The SMILES string of the molecule is CCCNC(C)c1nnc(-c2cccc3nccnc23)s1. The second-order valence-electron chi connectivity index (χ2n) is 4.85. The largest absolute Gasteiger partial charge is 0.308 e. The summed E-state index contributed by atoms with van der Waals surface area (Å²) in [5.41, 5.74) is 2.74. The van der Waals surface area contributed by atoms with Crippen LogP contribution in [-0.4, -0.2) is 26.7 Å². The molecule has 108 valence electrons. The minimum absolute atomic E-state index is 0.220. The molecule has 5 nitrogen and oxygen atoms in total. The topological polar surface area (TPSA) is 63.6 Å². The number of nitrogens with zero attached hydrogens (tertiary/aromatic N) is 4. The van der Waals surface area contributed by atoms with Crippen molar-refractivity contribution in [1.29, 1.82) is 0 Å². The third-order valence-electron chi connectivity index (χ3n) is 3.24. The highest BCUT2D eigenvalue weighted by Crippen LogP contribution is 2.30. The van der Waals surface area contributed by atoms with Crippen LogP contribution < -0.4 is 5.32 Å². The van der Waals surface area contributed by atoms with E-state index in [1.807, 2.05) is 18.2 Å². The lowest BCUT2D eigenvalue weighted by molar-refractivity contribution is 0.564. The van der Waals surface area contributed by atoms with Crippen LogP contribution in [0.4, 0.5) is 0 Å². The number of fused-ring (bicyclic) bond motifs is 1. The van der Waals surface area contributed by atoms with Gasteiger partial charge in [-0.05, 0) is 32.0 Å². The van der Waals surface area contributed by atoms with Gasteiger partial charge in [0.2, 0.25) is 0 Å². The molecule has 0 saturated heterocycles. The van der Waals surface area contributed by atoms with Crippen LogP contribution in [-0.2, 0) is 0 Å². The zero-order valence-electron chi connectivity index (χ0n) is 12.1. The van der Waals surface area contributed by atoms with Gasteiger partial charge < -0.3 is 5.32 Å². The number of rotatable bonds is 5. The summed E-state index contributed by atoms with van der Waals surface area (Å²) < 4.78 is 0. The molecular formula is C15H17N5S. The second kappa shape index (κ2) is 6.24. The van der Waals surface area contributed by atoms with Gasteiger partial charge in [-0.3, -0.25) is 9.97 Å².